The van der Waals surface area contributed by atoms with Gasteiger partial charge in [-0.05, 0) is 36.2 Å². The summed E-state index contributed by atoms with van der Waals surface area (Å²) in [5.74, 6) is -0.981. The van der Waals surface area contributed by atoms with Crippen molar-refractivity contribution in [3.8, 4) is 5.75 Å². The first-order chi connectivity index (χ1) is 11.4. The predicted molar refractivity (Wildman–Crippen MR) is 94.3 cm³/mol. The molecule has 2 aromatic carbocycles. The molecule has 0 aliphatic heterocycles. The largest absolute Gasteiger partial charge is 0.425 e. The van der Waals surface area contributed by atoms with Crippen LogP contribution in [0.4, 0.5) is 5.69 Å². The average molecular weight is 347 g/mol. The maximum Gasteiger partial charge on any atom is 0.328 e. The van der Waals surface area contributed by atoms with E-state index in [2.05, 4.69) is 5.32 Å². The number of benzene rings is 2. The van der Waals surface area contributed by atoms with Gasteiger partial charge in [-0.2, -0.15) is 0 Å². The minimum absolute atomic E-state index is 0.0774. The molecule has 3 N–H and O–H groups in total. The van der Waals surface area contributed by atoms with E-state index in [9.17, 15) is 9.59 Å². The van der Waals surface area contributed by atoms with Crippen molar-refractivity contribution >= 4 is 29.2 Å². The Hall–Kier alpha value is -2.37. The average Bonchev–Trinajstić information content (AvgIpc) is 2.56. The Bertz CT molecular complexity index is 732. The number of hydrogen-bond donors (Lipinski definition) is 2. The number of esters is 1. The molecule has 0 radical (unpaired) electrons. The Morgan fingerprint density at radius 1 is 1.12 bits per heavy atom. The highest BCUT2D eigenvalue weighted by atomic mass is 35.5. The summed E-state index contributed by atoms with van der Waals surface area (Å²) in [6.45, 7) is 3.63. The summed E-state index contributed by atoms with van der Waals surface area (Å²) >= 11 is 5.97. The zero-order valence-electron chi connectivity index (χ0n) is 13.5. The zero-order chi connectivity index (χ0) is 17.7. The first-order valence-corrected chi connectivity index (χ1v) is 7.89. The molecule has 0 spiro atoms. The van der Waals surface area contributed by atoms with Gasteiger partial charge in [0.1, 0.15) is 11.8 Å². The van der Waals surface area contributed by atoms with Crippen molar-refractivity contribution in [1.29, 1.82) is 0 Å². The Balaban J connectivity index is 2.24. The van der Waals surface area contributed by atoms with Gasteiger partial charge < -0.3 is 15.8 Å². The number of amides is 1. The van der Waals surface area contributed by atoms with Crippen LogP contribution in [0, 0.1) is 5.92 Å². The lowest BCUT2D eigenvalue weighted by Gasteiger charge is -2.16. The van der Waals surface area contributed by atoms with Gasteiger partial charge in [0.05, 0.1) is 5.56 Å². The number of para-hydroxylation sites is 1. The van der Waals surface area contributed by atoms with Crippen LogP contribution in [0.5, 0.6) is 5.75 Å². The van der Waals surface area contributed by atoms with Crippen LogP contribution in [0.2, 0.25) is 5.02 Å². The molecule has 5 nitrogen and oxygen atoms in total. The maximum atomic E-state index is 12.5. The molecule has 6 heteroatoms. The van der Waals surface area contributed by atoms with Gasteiger partial charge in [-0.25, -0.2) is 4.79 Å². The van der Waals surface area contributed by atoms with Crippen molar-refractivity contribution in [3.63, 3.8) is 0 Å². The van der Waals surface area contributed by atoms with Crippen LogP contribution in [0.1, 0.15) is 24.2 Å². The fourth-order valence-electron chi connectivity index (χ4n) is 1.94. The number of carbonyl (C=O) groups excluding carboxylic acids is 2. The molecule has 0 unspecified atom stereocenters. The molecular weight excluding hydrogens is 328 g/mol. The quantitative estimate of drug-likeness (QED) is 0.641. The fraction of sp³-hybridized carbons (Fsp3) is 0.222. The molecule has 0 saturated carbocycles. The van der Waals surface area contributed by atoms with Crippen molar-refractivity contribution in [2.24, 2.45) is 11.7 Å². The van der Waals surface area contributed by atoms with Gasteiger partial charge >= 0.3 is 5.97 Å². The SMILES string of the molecule is CC(C)[C@H](N)C(=O)Oc1ccc(Cl)cc1C(=O)Nc1ccccc1. The lowest BCUT2D eigenvalue weighted by atomic mass is 10.1. The third-order valence-electron chi connectivity index (χ3n) is 3.42. The van der Waals surface area contributed by atoms with Gasteiger partial charge in [-0.3, -0.25) is 4.79 Å². The predicted octanol–water partition coefficient (Wildman–Crippen LogP) is 3.48. The van der Waals surface area contributed by atoms with Gasteiger partial charge in [0, 0.05) is 10.7 Å². The van der Waals surface area contributed by atoms with E-state index in [0.29, 0.717) is 10.7 Å². The van der Waals surface area contributed by atoms with Crippen LogP contribution < -0.4 is 15.8 Å². The normalized spacial score (nSPS) is 11.9. The monoisotopic (exact) mass is 346 g/mol. The summed E-state index contributed by atoms with van der Waals surface area (Å²) in [4.78, 5) is 24.5. The molecular formula is C18H19ClN2O3. The summed E-state index contributed by atoms with van der Waals surface area (Å²) < 4.78 is 5.30. The van der Waals surface area contributed by atoms with Crippen LogP contribution in [0.15, 0.2) is 48.5 Å². The van der Waals surface area contributed by atoms with Gasteiger partial charge in [-0.15, -0.1) is 0 Å². The number of nitrogens with two attached hydrogens (primary N) is 1. The van der Waals surface area contributed by atoms with Gasteiger partial charge in [0.2, 0.25) is 0 Å². The molecule has 0 fully saturated rings. The number of halogens is 1. The summed E-state index contributed by atoms with van der Waals surface area (Å²) in [6, 6.07) is 12.7. The minimum atomic E-state index is -0.772. The smallest absolute Gasteiger partial charge is 0.328 e. The van der Waals surface area contributed by atoms with Crippen molar-refractivity contribution in [2.75, 3.05) is 5.32 Å². The number of hydrogen-bond acceptors (Lipinski definition) is 4. The first kappa shape index (κ1) is 18.0. The molecule has 0 heterocycles. The van der Waals surface area contributed by atoms with Gasteiger partial charge in [0.25, 0.3) is 5.91 Å². The van der Waals surface area contributed by atoms with Crippen molar-refractivity contribution in [2.45, 2.75) is 19.9 Å². The Morgan fingerprint density at radius 2 is 1.79 bits per heavy atom. The third kappa shape index (κ3) is 4.57. The van der Waals surface area contributed by atoms with Crippen LogP contribution in [0.25, 0.3) is 0 Å². The lowest BCUT2D eigenvalue weighted by Crippen LogP contribution is -2.38. The van der Waals surface area contributed by atoms with E-state index >= 15 is 0 Å². The van der Waals surface area contributed by atoms with E-state index in [-0.39, 0.29) is 17.2 Å². The highest BCUT2D eigenvalue weighted by molar-refractivity contribution is 6.31. The second-order valence-electron chi connectivity index (χ2n) is 5.65. The summed E-state index contributed by atoms with van der Waals surface area (Å²) in [5, 5.41) is 3.09. The molecule has 0 bridgehead atoms. The number of nitrogens with one attached hydrogen (secondary N) is 1. The molecule has 2 rings (SSSR count). The molecule has 0 aliphatic rings. The number of rotatable bonds is 5. The second-order valence-corrected chi connectivity index (χ2v) is 6.09. The van der Waals surface area contributed by atoms with E-state index in [4.69, 9.17) is 22.1 Å². The maximum absolute atomic E-state index is 12.5. The molecule has 0 aliphatic carbocycles. The van der Waals surface area contributed by atoms with E-state index in [1.165, 1.54) is 12.1 Å². The lowest BCUT2D eigenvalue weighted by molar-refractivity contribution is -0.136. The molecule has 1 atom stereocenters. The van der Waals surface area contributed by atoms with E-state index in [1.54, 1.807) is 30.3 Å². The Labute approximate surface area is 145 Å². The van der Waals surface area contributed by atoms with Crippen molar-refractivity contribution in [3.05, 3.63) is 59.1 Å². The summed E-state index contributed by atoms with van der Waals surface area (Å²) in [6.07, 6.45) is 0. The van der Waals surface area contributed by atoms with E-state index in [1.807, 2.05) is 19.9 Å². The van der Waals surface area contributed by atoms with Crippen LogP contribution in [-0.2, 0) is 4.79 Å². The number of ether oxygens (including phenoxy) is 1. The molecule has 0 aromatic heterocycles. The standard InChI is InChI=1S/C18H19ClN2O3/c1-11(2)16(20)18(23)24-15-9-8-12(19)10-14(15)17(22)21-13-6-4-3-5-7-13/h3-11,16H,20H2,1-2H3,(H,21,22)/t16-/m0/s1. The van der Waals surface area contributed by atoms with Gasteiger partial charge in [-0.1, -0.05) is 43.6 Å². The van der Waals surface area contributed by atoms with E-state index in [0.717, 1.165) is 0 Å². The van der Waals surface area contributed by atoms with E-state index < -0.39 is 17.9 Å². The second kappa shape index (κ2) is 7.95. The summed E-state index contributed by atoms with van der Waals surface area (Å²) in [5.41, 5.74) is 6.57. The molecule has 24 heavy (non-hydrogen) atoms. The third-order valence-corrected chi connectivity index (χ3v) is 3.65. The molecule has 1 amide bonds. The van der Waals surface area contributed by atoms with Crippen molar-refractivity contribution < 1.29 is 14.3 Å². The number of carbonyl (C=O) groups is 2. The summed E-state index contributed by atoms with van der Waals surface area (Å²) in [7, 11) is 0. The van der Waals surface area contributed by atoms with Crippen LogP contribution >= 0.6 is 11.6 Å². The highest BCUT2D eigenvalue weighted by Gasteiger charge is 2.22. The molecule has 2 aromatic rings. The molecule has 0 saturated heterocycles. The fourth-order valence-corrected chi connectivity index (χ4v) is 2.11. The first-order valence-electron chi connectivity index (χ1n) is 7.51. The highest BCUT2D eigenvalue weighted by Crippen LogP contribution is 2.25. The minimum Gasteiger partial charge on any atom is -0.425 e. The Morgan fingerprint density at radius 3 is 2.42 bits per heavy atom. The van der Waals surface area contributed by atoms with Crippen LogP contribution in [0.3, 0.4) is 0 Å². The Kier molecular flexibility index (Phi) is 5.95. The molecule has 126 valence electrons. The number of anilines is 1. The van der Waals surface area contributed by atoms with Crippen LogP contribution in [-0.4, -0.2) is 17.9 Å². The van der Waals surface area contributed by atoms with Gasteiger partial charge in [0.15, 0.2) is 0 Å². The zero-order valence-corrected chi connectivity index (χ0v) is 14.2. The topological polar surface area (TPSA) is 81.4 Å². The van der Waals surface area contributed by atoms with Crippen molar-refractivity contribution in [1.82, 2.24) is 0 Å².